The Bertz CT molecular complexity index is 785. The number of nitrogens with zero attached hydrogens (tertiary/aromatic N) is 2. The van der Waals surface area contributed by atoms with E-state index in [4.69, 9.17) is 19.9 Å². The molecule has 8 heteroatoms. The van der Waals surface area contributed by atoms with Crippen LogP contribution in [0.25, 0.3) is 5.69 Å². The van der Waals surface area contributed by atoms with Crippen molar-refractivity contribution in [2.24, 2.45) is 5.73 Å². The first-order chi connectivity index (χ1) is 11.0. The molecule has 0 aliphatic rings. The molecule has 8 nitrogen and oxygen atoms in total. The molecule has 1 aromatic carbocycles. The van der Waals surface area contributed by atoms with Crippen molar-refractivity contribution in [3.8, 4) is 23.1 Å². The third kappa shape index (κ3) is 3.25. The molecular formula is C15H17N3O5. The van der Waals surface area contributed by atoms with E-state index in [1.54, 1.807) is 25.1 Å². The third-order valence-corrected chi connectivity index (χ3v) is 3.03. The van der Waals surface area contributed by atoms with E-state index >= 15 is 0 Å². The van der Waals surface area contributed by atoms with Gasteiger partial charge in [0.1, 0.15) is 0 Å². The number of hydrogen-bond donors (Lipinski definition) is 1. The summed E-state index contributed by atoms with van der Waals surface area (Å²) >= 11 is 0. The SMILES string of the molecule is CCOc1cc(=O)c(C(N)=O)nn1-c1ccc(OC)c(OC)c1. The Morgan fingerprint density at radius 3 is 2.48 bits per heavy atom. The van der Waals surface area contributed by atoms with Crippen LogP contribution < -0.4 is 25.4 Å². The molecule has 23 heavy (non-hydrogen) atoms. The summed E-state index contributed by atoms with van der Waals surface area (Å²) in [6.45, 7) is 2.09. The number of amides is 1. The molecule has 0 atom stereocenters. The highest BCUT2D eigenvalue weighted by molar-refractivity contribution is 5.90. The summed E-state index contributed by atoms with van der Waals surface area (Å²) in [7, 11) is 3.02. The van der Waals surface area contributed by atoms with Crippen LogP contribution in [0.3, 0.4) is 0 Å². The second-order valence-corrected chi connectivity index (χ2v) is 4.44. The molecule has 0 radical (unpaired) electrons. The number of ether oxygens (including phenoxy) is 3. The van der Waals surface area contributed by atoms with Gasteiger partial charge in [0.05, 0.1) is 32.6 Å². The van der Waals surface area contributed by atoms with Crippen LogP contribution in [0.5, 0.6) is 17.4 Å². The molecule has 2 aromatic rings. The molecule has 1 heterocycles. The molecule has 0 saturated carbocycles. The number of hydrogen-bond acceptors (Lipinski definition) is 6. The Morgan fingerprint density at radius 1 is 1.22 bits per heavy atom. The molecule has 0 fully saturated rings. The fraction of sp³-hybridized carbons (Fsp3) is 0.267. The predicted molar refractivity (Wildman–Crippen MR) is 82.6 cm³/mol. The molecule has 2 rings (SSSR count). The lowest BCUT2D eigenvalue weighted by Gasteiger charge is -2.15. The number of benzene rings is 1. The van der Waals surface area contributed by atoms with Crippen molar-refractivity contribution in [1.82, 2.24) is 9.78 Å². The van der Waals surface area contributed by atoms with Crippen molar-refractivity contribution >= 4 is 5.91 Å². The Kier molecular flexibility index (Phi) is 4.85. The summed E-state index contributed by atoms with van der Waals surface area (Å²) in [6, 6.07) is 6.18. The average Bonchev–Trinajstić information content (AvgIpc) is 2.54. The first-order valence-corrected chi connectivity index (χ1v) is 6.81. The van der Waals surface area contributed by atoms with Crippen LogP contribution >= 0.6 is 0 Å². The van der Waals surface area contributed by atoms with Crippen LogP contribution in [0, 0.1) is 0 Å². The van der Waals surface area contributed by atoms with Gasteiger partial charge in [0.2, 0.25) is 11.3 Å². The van der Waals surface area contributed by atoms with E-state index in [0.717, 1.165) is 0 Å². The summed E-state index contributed by atoms with van der Waals surface area (Å²) in [5.74, 6) is 0.279. The Morgan fingerprint density at radius 2 is 1.91 bits per heavy atom. The second-order valence-electron chi connectivity index (χ2n) is 4.44. The van der Waals surface area contributed by atoms with E-state index < -0.39 is 11.3 Å². The monoisotopic (exact) mass is 319 g/mol. The number of rotatable bonds is 6. The zero-order valence-corrected chi connectivity index (χ0v) is 13.0. The number of carbonyl (C=O) groups excluding carboxylic acids is 1. The normalized spacial score (nSPS) is 10.2. The van der Waals surface area contributed by atoms with Gasteiger partial charge in [0.25, 0.3) is 5.91 Å². The number of aromatic nitrogens is 2. The highest BCUT2D eigenvalue weighted by Crippen LogP contribution is 2.30. The Labute approximate surface area is 132 Å². The van der Waals surface area contributed by atoms with Gasteiger partial charge in [-0.15, -0.1) is 0 Å². The largest absolute Gasteiger partial charge is 0.493 e. The molecule has 1 aromatic heterocycles. The van der Waals surface area contributed by atoms with Crippen LogP contribution in [0.2, 0.25) is 0 Å². The quantitative estimate of drug-likeness (QED) is 0.842. The lowest BCUT2D eigenvalue weighted by Crippen LogP contribution is -2.27. The van der Waals surface area contributed by atoms with Crippen molar-refractivity contribution in [2.75, 3.05) is 20.8 Å². The first-order valence-electron chi connectivity index (χ1n) is 6.81. The van der Waals surface area contributed by atoms with Crippen molar-refractivity contribution in [3.05, 3.63) is 40.2 Å². The molecule has 0 bridgehead atoms. The van der Waals surface area contributed by atoms with Gasteiger partial charge < -0.3 is 19.9 Å². The maximum absolute atomic E-state index is 11.9. The molecule has 2 N–H and O–H groups in total. The van der Waals surface area contributed by atoms with Gasteiger partial charge in [0.15, 0.2) is 17.2 Å². The summed E-state index contributed by atoms with van der Waals surface area (Å²) < 4.78 is 17.1. The van der Waals surface area contributed by atoms with Crippen molar-refractivity contribution in [1.29, 1.82) is 0 Å². The lowest BCUT2D eigenvalue weighted by molar-refractivity contribution is 0.0992. The van der Waals surface area contributed by atoms with E-state index in [9.17, 15) is 9.59 Å². The predicted octanol–water partition coefficient (Wildman–Crippen LogP) is 0.747. The summed E-state index contributed by atoms with van der Waals surface area (Å²) in [5.41, 5.74) is 4.74. The lowest BCUT2D eigenvalue weighted by atomic mass is 10.2. The minimum Gasteiger partial charge on any atom is -0.493 e. The van der Waals surface area contributed by atoms with Gasteiger partial charge in [0, 0.05) is 6.07 Å². The van der Waals surface area contributed by atoms with E-state index in [-0.39, 0.29) is 11.6 Å². The number of nitrogens with two attached hydrogens (primary N) is 1. The van der Waals surface area contributed by atoms with Crippen LogP contribution in [-0.2, 0) is 0 Å². The maximum Gasteiger partial charge on any atom is 0.273 e. The van der Waals surface area contributed by atoms with Crippen LogP contribution in [0.1, 0.15) is 17.4 Å². The van der Waals surface area contributed by atoms with E-state index in [1.165, 1.54) is 25.0 Å². The number of primary amides is 1. The zero-order valence-electron chi connectivity index (χ0n) is 13.0. The average molecular weight is 319 g/mol. The van der Waals surface area contributed by atoms with Gasteiger partial charge in [-0.3, -0.25) is 9.59 Å². The van der Waals surface area contributed by atoms with E-state index in [0.29, 0.717) is 23.8 Å². The molecule has 122 valence electrons. The number of carbonyl (C=O) groups is 1. The van der Waals surface area contributed by atoms with Crippen LogP contribution in [0.4, 0.5) is 0 Å². The van der Waals surface area contributed by atoms with Gasteiger partial charge >= 0.3 is 0 Å². The van der Waals surface area contributed by atoms with Gasteiger partial charge in [-0.1, -0.05) is 0 Å². The molecule has 0 aliphatic heterocycles. The highest BCUT2D eigenvalue weighted by Gasteiger charge is 2.16. The minimum absolute atomic E-state index is 0.190. The summed E-state index contributed by atoms with van der Waals surface area (Å²) in [6.07, 6.45) is 0. The Balaban J connectivity index is 2.67. The van der Waals surface area contributed by atoms with Gasteiger partial charge in [-0.05, 0) is 19.1 Å². The minimum atomic E-state index is -0.910. The molecular weight excluding hydrogens is 302 g/mol. The first kappa shape index (κ1) is 16.3. The van der Waals surface area contributed by atoms with Crippen molar-refractivity contribution in [3.63, 3.8) is 0 Å². The smallest absolute Gasteiger partial charge is 0.273 e. The zero-order chi connectivity index (χ0) is 17.0. The maximum atomic E-state index is 11.9. The molecule has 0 aliphatic carbocycles. The molecule has 0 unspecified atom stereocenters. The number of methoxy groups -OCH3 is 2. The third-order valence-electron chi connectivity index (χ3n) is 3.03. The molecule has 0 saturated heterocycles. The summed E-state index contributed by atoms with van der Waals surface area (Å²) in [5, 5.41) is 4.00. The molecule has 1 amide bonds. The van der Waals surface area contributed by atoms with Crippen molar-refractivity contribution in [2.45, 2.75) is 6.92 Å². The van der Waals surface area contributed by atoms with Gasteiger partial charge in [-0.25, -0.2) is 0 Å². The topological polar surface area (TPSA) is 106 Å². The summed E-state index contributed by atoms with van der Waals surface area (Å²) in [4.78, 5) is 23.2. The van der Waals surface area contributed by atoms with E-state index in [2.05, 4.69) is 5.10 Å². The fourth-order valence-electron chi connectivity index (χ4n) is 2.00. The van der Waals surface area contributed by atoms with Crippen LogP contribution in [0.15, 0.2) is 29.1 Å². The van der Waals surface area contributed by atoms with Gasteiger partial charge in [-0.2, -0.15) is 9.78 Å². The van der Waals surface area contributed by atoms with Crippen molar-refractivity contribution < 1.29 is 19.0 Å². The Hall–Kier alpha value is -3.03. The molecule has 0 spiro atoms. The standard InChI is InChI=1S/C15H17N3O5/c1-4-23-13-8-10(19)14(15(16)20)17-18(13)9-5-6-11(21-2)12(7-9)22-3/h5-8H,4H2,1-3H3,(H2,16,20). The van der Waals surface area contributed by atoms with E-state index in [1.807, 2.05) is 0 Å². The fourth-order valence-corrected chi connectivity index (χ4v) is 2.00. The van der Waals surface area contributed by atoms with Crippen LogP contribution in [-0.4, -0.2) is 36.5 Å². The second kappa shape index (κ2) is 6.82. The highest BCUT2D eigenvalue weighted by atomic mass is 16.5.